The number of rotatable bonds is 8. The van der Waals surface area contributed by atoms with Crippen molar-refractivity contribution in [3.05, 3.63) is 58.8 Å². The second-order valence-corrected chi connectivity index (χ2v) is 8.79. The van der Waals surface area contributed by atoms with Crippen LogP contribution in [0.2, 0.25) is 0 Å². The second-order valence-electron chi connectivity index (χ2n) is 7.93. The van der Waals surface area contributed by atoms with Crippen LogP contribution in [-0.4, -0.2) is 51.0 Å². The van der Waals surface area contributed by atoms with E-state index in [1.165, 1.54) is 17.6 Å². The average Bonchev–Trinajstić information content (AvgIpc) is 3.56. The van der Waals surface area contributed by atoms with E-state index in [2.05, 4.69) is 30.5 Å². The number of amides is 1. The van der Waals surface area contributed by atoms with Crippen LogP contribution in [0.15, 0.2) is 40.6 Å². The first-order valence-corrected chi connectivity index (χ1v) is 12.1. The van der Waals surface area contributed by atoms with Gasteiger partial charge in [0.25, 0.3) is 5.91 Å². The number of thiazole rings is 1. The van der Waals surface area contributed by atoms with Gasteiger partial charge in [-0.2, -0.15) is 9.49 Å². The minimum Gasteiger partial charge on any atom is -0.395 e. The van der Waals surface area contributed by atoms with Crippen molar-refractivity contribution >= 4 is 29.2 Å². The molecule has 4 N–H and O–H groups in total. The molecule has 4 rings (SSSR count). The predicted octanol–water partition coefficient (Wildman–Crippen LogP) is 3.68. The zero-order valence-corrected chi connectivity index (χ0v) is 19.8. The number of hydrogen-bond donors (Lipinski definition) is 3. The Balaban J connectivity index is 1.58. The Morgan fingerprint density at radius 3 is 2.83 bits per heavy atom. The number of aromatic amines is 1. The van der Waals surface area contributed by atoms with Crippen molar-refractivity contribution < 1.29 is 18.3 Å². The van der Waals surface area contributed by atoms with Gasteiger partial charge in [-0.1, -0.05) is 0 Å². The van der Waals surface area contributed by atoms with Crippen molar-refractivity contribution in [3.8, 4) is 10.6 Å². The van der Waals surface area contributed by atoms with E-state index < -0.39 is 23.4 Å². The number of H-pyrrole nitrogens is 1. The molecule has 0 saturated heterocycles. The lowest BCUT2D eigenvalue weighted by Gasteiger charge is -2.26. The molecule has 0 spiro atoms. The Kier molecular flexibility index (Phi) is 7.93. The van der Waals surface area contributed by atoms with Crippen LogP contribution in [0.25, 0.3) is 16.3 Å². The molecule has 0 unspecified atom stereocenters. The van der Waals surface area contributed by atoms with Crippen molar-refractivity contribution in [3.63, 3.8) is 0 Å². The van der Waals surface area contributed by atoms with E-state index >= 15 is 0 Å². The first kappa shape index (κ1) is 24.6. The maximum atomic E-state index is 14.4. The van der Waals surface area contributed by atoms with E-state index in [0.717, 1.165) is 43.4 Å². The molecule has 1 aliphatic rings. The third kappa shape index (κ3) is 6.14. The molecule has 184 valence electrons. The molecule has 3 aromatic heterocycles. The van der Waals surface area contributed by atoms with Gasteiger partial charge < -0.3 is 15.8 Å². The zero-order valence-electron chi connectivity index (χ0n) is 19.0. The first-order valence-electron chi connectivity index (χ1n) is 11.2. The smallest absolute Gasteiger partial charge is 0.275 e. The fourth-order valence-electron chi connectivity index (χ4n) is 3.75. The van der Waals surface area contributed by atoms with Gasteiger partial charge in [0.05, 0.1) is 29.7 Å². The number of hydrogen-bond acceptors (Lipinski definition) is 8. The summed E-state index contributed by atoms with van der Waals surface area (Å²) >= 11 is 1.27. The average molecular weight is 502 g/mol. The largest absolute Gasteiger partial charge is 0.395 e. The quantitative estimate of drug-likeness (QED) is 0.319. The van der Waals surface area contributed by atoms with Crippen LogP contribution >= 0.6 is 11.3 Å². The second kappa shape index (κ2) is 11.3. The van der Waals surface area contributed by atoms with Crippen molar-refractivity contribution in [1.82, 2.24) is 25.5 Å². The summed E-state index contributed by atoms with van der Waals surface area (Å²) in [6.45, 7) is 2.63. The fourth-order valence-corrected chi connectivity index (χ4v) is 4.53. The normalized spacial score (nSPS) is 19.1. The standard InChI is InChI=1S/C23H25F2N7O2S/c1-2-34-15-5-3-14(4-6-15)27-11-17(20(26)21-16(24)7-8-19(25)32-21)30-22(33)18-12-35-23(31-18)13-9-28-29-10-13/h7-12,14-15H,2-6,26H2,1H3,(H,28,29)(H,30,33)/b20-17+,27-11?. The highest BCUT2D eigenvalue weighted by Crippen LogP contribution is 2.25. The van der Waals surface area contributed by atoms with Gasteiger partial charge in [-0.15, -0.1) is 11.3 Å². The highest BCUT2D eigenvalue weighted by molar-refractivity contribution is 7.13. The molecular formula is C23H25F2N7O2S. The molecular weight excluding hydrogens is 476 g/mol. The van der Waals surface area contributed by atoms with Crippen LogP contribution in [0.1, 0.15) is 48.8 Å². The molecule has 3 aromatic rings. The first-order chi connectivity index (χ1) is 16.9. The Bertz CT molecular complexity index is 1220. The van der Waals surface area contributed by atoms with Gasteiger partial charge in [0.2, 0.25) is 5.95 Å². The van der Waals surface area contributed by atoms with Crippen molar-refractivity contribution in [2.75, 3.05) is 6.61 Å². The summed E-state index contributed by atoms with van der Waals surface area (Å²) in [7, 11) is 0. The lowest BCUT2D eigenvalue weighted by molar-refractivity contribution is 0.0335. The van der Waals surface area contributed by atoms with Crippen LogP contribution in [-0.2, 0) is 4.74 Å². The highest BCUT2D eigenvalue weighted by Gasteiger charge is 2.22. The maximum absolute atomic E-state index is 14.4. The van der Waals surface area contributed by atoms with Gasteiger partial charge in [0, 0.05) is 30.0 Å². The summed E-state index contributed by atoms with van der Waals surface area (Å²) in [5.41, 5.74) is 6.37. The molecule has 1 amide bonds. The summed E-state index contributed by atoms with van der Waals surface area (Å²) < 4.78 is 33.8. The van der Waals surface area contributed by atoms with Crippen LogP contribution in [0.5, 0.6) is 0 Å². The molecule has 1 saturated carbocycles. The number of aliphatic imine (C=N–C) groups is 1. The molecule has 1 fully saturated rings. The summed E-state index contributed by atoms with van der Waals surface area (Å²) in [6, 6.07) is 1.80. The number of aromatic nitrogens is 4. The van der Waals surface area contributed by atoms with Crippen LogP contribution in [0.3, 0.4) is 0 Å². The maximum Gasteiger partial charge on any atom is 0.275 e. The molecule has 9 nitrogen and oxygen atoms in total. The van der Waals surface area contributed by atoms with Crippen LogP contribution in [0, 0.1) is 11.8 Å². The fraction of sp³-hybridized carbons (Fsp3) is 0.348. The minimum absolute atomic E-state index is 0.0105. The monoisotopic (exact) mass is 501 g/mol. The van der Waals surface area contributed by atoms with Gasteiger partial charge in [0.15, 0.2) is 5.82 Å². The van der Waals surface area contributed by atoms with E-state index in [9.17, 15) is 13.6 Å². The molecule has 1 aliphatic carbocycles. The van der Waals surface area contributed by atoms with E-state index in [1.54, 1.807) is 17.8 Å². The Morgan fingerprint density at radius 1 is 1.31 bits per heavy atom. The Hall–Kier alpha value is -3.51. The molecule has 3 heterocycles. The highest BCUT2D eigenvalue weighted by atomic mass is 32.1. The lowest BCUT2D eigenvalue weighted by atomic mass is 9.93. The summed E-state index contributed by atoms with van der Waals surface area (Å²) in [4.78, 5) is 25.4. The molecule has 0 bridgehead atoms. The lowest BCUT2D eigenvalue weighted by Crippen LogP contribution is -2.28. The van der Waals surface area contributed by atoms with Gasteiger partial charge in [-0.05, 0) is 44.7 Å². The third-order valence-electron chi connectivity index (χ3n) is 5.55. The van der Waals surface area contributed by atoms with Crippen molar-refractivity contribution in [2.45, 2.75) is 44.8 Å². The van der Waals surface area contributed by atoms with E-state index in [0.29, 0.717) is 11.6 Å². The SMILES string of the molecule is CCOC1CCC(N=C/C(NC(=O)c2csc(-c3cn[nH]c3)n2)=C(\N)c2nc(F)ccc2F)CC1. The minimum atomic E-state index is -0.898. The summed E-state index contributed by atoms with van der Waals surface area (Å²) in [6.07, 6.45) is 8.19. The molecule has 0 aliphatic heterocycles. The summed E-state index contributed by atoms with van der Waals surface area (Å²) in [5.74, 6) is -2.29. The van der Waals surface area contributed by atoms with E-state index in [4.69, 9.17) is 10.5 Å². The molecule has 0 radical (unpaired) electrons. The number of halogens is 2. The summed E-state index contributed by atoms with van der Waals surface area (Å²) in [5, 5.41) is 11.4. The predicted molar refractivity (Wildman–Crippen MR) is 129 cm³/mol. The van der Waals surface area contributed by atoms with Gasteiger partial charge in [-0.25, -0.2) is 14.4 Å². The Morgan fingerprint density at radius 2 is 2.11 bits per heavy atom. The van der Waals surface area contributed by atoms with E-state index in [-0.39, 0.29) is 29.2 Å². The number of ether oxygens (including phenoxy) is 1. The number of pyridine rings is 1. The topological polar surface area (TPSA) is 131 Å². The van der Waals surface area contributed by atoms with Gasteiger partial charge in [-0.3, -0.25) is 14.9 Å². The third-order valence-corrected chi connectivity index (χ3v) is 6.44. The molecule has 35 heavy (non-hydrogen) atoms. The van der Waals surface area contributed by atoms with Crippen molar-refractivity contribution in [2.24, 2.45) is 10.7 Å². The number of carbonyl (C=O) groups is 1. The number of nitrogens with two attached hydrogens (primary N) is 1. The molecule has 0 aromatic carbocycles. The van der Waals surface area contributed by atoms with Crippen LogP contribution in [0.4, 0.5) is 8.78 Å². The van der Waals surface area contributed by atoms with Crippen molar-refractivity contribution in [1.29, 1.82) is 0 Å². The van der Waals surface area contributed by atoms with E-state index in [1.807, 2.05) is 6.92 Å². The number of nitrogens with zero attached hydrogens (tertiary/aromatic N) is 4. The number of carbonyl (C=O) groups excluding carboxylic acids is 1. The Labute approximate surface area is 204 Å². The number of allylic oxidation sites excluding steroid dienone is 1. The zero-order chi connectivity index (χ0) is 24.8. The molecule has 12 heteroatoms. The van der Waals surface area contributed by atoms with Gasteiger partial charge >= 0.3 is 0 Å². The molecule has 0 atom stereocenters. The van der Waals surface area contributed by atoms with Gasteiger partial charge in [0.1, 0.15) is 16.4 Å². The number of nitrogens with one attached hydrogen (secondary N) is 2. The van der Waals surface area contributed by atoms with Crippen LogP contribution < -0.4 is 11.1 Å².